The van der Waals surface area contributed by atoms with Gasteiger partial charge < -0.3 is 14.6 Å². The largest absolute Gasteiger partial charge is 0.497 e. The summed E-state index contributed by atoms with van der Waals surface area (Å²) in [5, 5.41) is 14.0. The maximum Gasteiger partial charge on any atom is 0.361 e. The van der Waals surface area contributed by atoms with Crippen LogP contribution in [0.2, 0.25) is 0 Å². The van der Waals surface area contributed by atoms with Crippen LogP contribution in [-0.2, 0) is 11.3 Å². The van der Waals surface area contributed by atoms with Gasteiger partial charge in [-0.05, 0) is 60.0 Å². The summed E-state index contributed by atoms with van der Waals surface area (Å²) in [6, 6.07) is 18.3. The van der Waals surface area contributed by atoms with Gasteiger partial charge in [0.2, 0.25) is 0 Å². The second-order valence-corrected chi connectivity index (χ2v) is 8.28. The van der Waals surface area contributed by atoms with Crippen molar-refractivity contribution in [2.45, 2.75) is 13.5 Å². The van der Waals surface area contributed by atoms with Crippen molar-refractivity contribution in [2.24, 2.45) is 0 Å². The van der Waals surface area contributed by atoms with Gasteiger partial charge in [0.05, 0.1) is 31.7 Å². The van der Waals surface area contributed by atoms with E-state index >= 15 is 4.39 Å². The average Bonchev–Trinajstić information content (AvgIpc) is 3.34. The van der Waals surface area contributed by atoms with Crippen molar-refractivity contribution in [3.63, 3.8) is 0 Å². The molecule has 0 aliphatic carbocycles. The van der Waals surface area contributed by atoms with Crippen LogP contribution in [0.5, 0.6) is 5.75 Å². The molecule has 0 radical (unpaired) electrons. The lowest BCUT2D eigenvalue weighted by molar-refractivity contribution is 0.0521. The van der Waals surface area contributed by atoms with Crippen molar-refractivity contribution < 1.29 is 23.8 Å². The van der Waals surface area contributed by atoms with E-state index in [1.165, 1.54) is 23.9 Å². The molecule has 0 atom stereocenters. The number of rotatable bonds is 7. The van der Waals surface area contributed by atoms with E-state index in [4.69, 9.17) is 9.47 Å². The second-order valence-electron chi connectivity index (χ2n) is 8.28. The third kappa shape index (κ3) is 4.31. The minimum atomic E-state index is -0.729. The first-order valence-corrected chi connectivity index (χ1v) is 11.8. The highest BCUT2D eigenvalue weighted by molar-refractivity contribution is 6.00. The predicted octanol–water partition coefficient (Wildman–Crippen LogP) is 4.06. The molecular formula is C28H23FN4O5. The number of esters is 1. The van der Waals surface area contributed by atoms with E-state index in [-0.39, 0.29) is 35.6 Å². The first kappa shape index (κ1) is 24.8. The zero-order chi connectivity index (χ0) is 26.8. The molecule has 0 saturated heterocycles. The molecule has 10 heteroatoms. The Hall–Kier alpha value is -4.83. The van der Waals surface area contributed by atoms with Crippen LogP contribution in [-0.4, -0.2) is 44.1 Å². The van der Waals surface area contributed by atoms with Gasteiger partial charge in [0.15, 0.2) is 11.2 Å². The Labute approximate surface area is 216 Å². The Morgan fingerprint density at radius 3 is 2.53 bits per heavy atom. The van der Waals surface area contributed by atoms with Crippen LogP contribution in [0.25, 0.3) is 33.5 Å². The number of aromatic nitrogens is 4. The van der Waals surface area contributed by atoms with Crippen molar-refractivity contribution in [1.29, 1.82) is 0 Å². The number of fused-ring (bicyclic) bond motifs is 1. The van der Waals surface area contributed by atoms with E-state index in [1.54, 1.807) is 61.5 Å². The van der Waals surface area contributed by atoms with E-state index in [9.17, 15) is 14.7 Å². The molecule has 1 N–H and O–H groups in total. The van der Waals surface area contributed by atoms with Gasteiger partial charge in [-0.1, -0.05) is 30.3 Å². The first-order valence-electron chi connectivity index (χ1n) is 11.8. The molecule has 0 spiro atoms. The van der Waals surface area contributed by atoms with Gasteiger partial charge in [-0.15, -0.1) is 0 Å². The molecule has 0 aliphatic rings. The van der Waals surface area contributed by atoms with Crippen LogP contribution in [0, 0.1) is 5.82 Å². The van der Waals surface area contributed by atoms with E-state index in [2.05, 4.69) is 10.1 Å². The molecule has 5 aromatic rings. The predicted molar refractivity (Wildman–Crippen MR) is 138 cm³/mol. The number of nitrogens with zero attached hydrogens (tertiary/aromatic N) is 4. The van der Waals surface area contributed by atoms with E-state index < -0.39 is 17.3 Å². The number of methoxy groups -OCH3 is 1. The lowest BCUT2D eigenvalue weighted by Crippen LogP contribution is -2.22. The average molecular weight is 515 g/mol. The third-order valence-corrected chi connectivity index (χ3v) is 6.08. The Morgan fingerprint density at radius 1 is 1.08 bits per heavy atom. The number of carbonyl (C=O) groups excluding carboxylic acids is 1. The number of aliphatic hydroxyl groups is 1. The topological polar surface area (TPSA) is 108 Å². The summed E-state index contributed by atoms with van der Waals surface area (Å²) in [7, 11) is 1.53. The van der Waals surface area contributed by atoms with Crippen LogP contribution in [0.4, 0.5) is 4.39 Å². The Kier molecular flexibility index (Phi) is 6.71. The van der Waals surface area contributed by atoms with E-state index in [0.717, 1.165) is 10.9 Å². The molecule has 3 aromatic carbocycles. The molecule has 9 nitrogen and oxygen atoms in total. The van der Waals surface area contributed by atoms with Crippen LogP contribution < -0.4 is 10.3 Å². The number of carbonyl (C=O) groups is 1. The monoisotopic (exact) mass is 514 g/mol. The van der Waals surface area contributed by atoms with Gasteiger partial charge in [0.1, 0.15) is 23.4 Å². The number of ether oxygens (including phenoxy) is 2. The molecule has 38 heavy (non-hydrogen) atoms. The van der Waals surface area contributed by atoms with Crippen molar-refractivity contribution in [3.8, 4) is 28.3 Å². The number of halogens is 1. The Balaban J connectivity index is 1.68. The number of hydrogen-bond acceptors (Lipinski definition) is 7. The summed E-state index contributed by atoms with van der Waals surface area (Å²) >= 11 is 0. The normalized spacial score (nSPS) is 11.1. The molecule has 2 heterocycles. The fourth-order valence-electron chi connectivity index (χ4n) is 4.23. The van der Waals surface area contributed by atoms with Crippen LogP contribution in [0.1, 0.15) is 23.0 Å². The number of aliphatic hydroxyl groups excluding tert-OH is 1. The summed E-state index contributed by atoms with van der Waals surface area (Å²) in [5.41, 5.74) is 1.58. The molecule has 0 unspecified atom stereocenters. The zero-order valence-corrected chi connectivity index (χ0v) is 20.6. The number of benzene rings is 3. The molecule has 0 amide bonds. The molecular weight excluding hydrogens is 491 g/mol. The summed E-state index contributed by atoms with van der Waals surface area (Å²) in [6.45, 7) is 1.58. The minimum absolute atomic E-state index is 0.0187. The van der Waals surface area contributed by atoms with Crippen molar-refractivity contribution in [1.82, 2.24) is 19.3 Å². The molecule has 5 rings (SSSR count). The van der Waals surface area contributed by atoms with Gasteiger partial charge in [0, 0.05) is 0 Å². The first-order chi connectivity index (χ1) is 18.5. The fourth-order valence-corrected chi connectivity index (χ4v) is 4.23. The van der Waals surface area contributed by atoms with Gasteiger partial charge in [-0.2, -0.15) is 5.10 Å². The molecule has 0 saturated carbocycles. The lowest BCUT2D eigenvalue weighted by atomic mass is 9.99. The Bertz CT molecular complexity index is 1710. The highest BCUT2D eigenvalue weighted by Crippen LogP contribution is 2.27. The SMILES string of the molecule is CCOC(=O)c1nn(-c2ccc(OC)cc2)c2c(=O)n(-c3ccc(-c4ccccc4CO)cc3F)cnc12. The van der Waals surface area contributed by atoms with Gasteiger partial charge >= 0.3 is 5.97 Å². The smallest absolute Gasteiger partial charge is 0.361 e. The highest BCUT2D eigenvalue weighted by Gasteiger charge is 2.24. The lowest BCUT2D eigenvalue weighted by Gasteiger charge is -2.11. The van der Waals surface area contributed by atoms with Crippen molar-refractivity contribution >= 4 is 17.0 Å². The standard InChI is InChI=1S/C28H23FN4O5/c1-3-38-28(36)25-24-26(33(31-25)19-9-11-20(37-2)12-10-19)27(35)32(16-30-24)23-13-8-17(14-22(23)29)21-7-5-4-6-18(21)15-34/h4-14,16,34H,3,15H2,1-2H3. The number of hydrogen-bond donors (Lipinski definition) is 1. The molecule has 0 aliphatic heterocycles. The van der Waals surface area contributed by atoms with Gasteiger partial charge in [-0.25, -0.2) is 18.9 Å². The summed E-state index contributed by atoms with van der Waals surface area (Å²) in [6.07, 6.45) is 1.16. The Morgan fingerprint density at radius 2 is 1.84 bits per heavy atom. The van der Waals surface area contributed by atoms with Crippen LogP contribution in [0.15, 0.2) is 77.9 Å². The minimum Gasteiger partial charge on any atom is -0.497 e. The maximum atomic E-state index is 15.4. The van der Waals surface area contributed by atoms with Crippen molar-refractivity contribution in [3.05, 3.63) is 100 Å². The molecule has 192 valence electrons. The highest BCUT2D eigenvalue weighted by atomic mass is 19.1. The molecule has 0 bridgehead atoms. The van der Waals surface area contributed by atoms with Crippen LogP contribution in [0.3, 0.4) is 0 Å². The quantitative estimate of drug-likeness (QED) is 0.326. The molecule has 0 fully saturated rings. The second kappa shape index (κ2) is 10.3. The van der Waals surface area contributed by atoms with E-state index in [1.807, 2.05) is 0 Å². The summed E-state index contributed by atoms with van der Waals surface area (Å²) in [5.74, 6) is -0.802. The third-order valence-electron chi connectivity index (χ3n) is 6.08. The maximum absolute atomic E-state index is 15.4. The van der Waals surface area contributed by atoms with Gasteiger partial charge in [0.25, 0.3) is 5.56 Å². The van der Waals surface area contributed by atoms with Crippen molar-refractivity contribution in [2.75, 3.05) is 13.7 Å². The van der Waals surface area contributed by atoms with Crippen LogP contribution >= 0.6 is 0 Å². The summed E-state index contributed by atoms with van der Waals surface area (Å²) < 4.78 is 28.1. The fraction of sp³-hybridized carbons (Fsp3) is 0.143. The molecule has 2 aromatic heterocycles. The van der Waals surface area contributed by atoms with E-state index in [0.29, 0.717) is 28.1 Å². The summed E-state index contributed by atoms with van der Waals surface area (Å²) in [4.78, 5) is 30.6. The van der Waals surface area contributed by atoms with Gasteiger partial charge in [-0.3, -0.25) is 9.36 Å². The zero-order valence-electron chi connectivity index (χ0n) is 20.6.